The molecule has 2 amide bonds. The van der Waals surface area contributed by atoms with Crippen molar-refractivity contribution in [2.75, 3.05) is 26.7 Å². The molecule has 1 saturated heterocycles. The predicted octanol–water partition coefficient (Wildman–Crippen LogP) is 2.42. The van der Waals surface area contributed by atoms with Crippen molar-refractivity contribution in [2.45, 2.75) is 45.4 Å². The molecule has 0 bridgehead atoms. The lowest BCUT2D eigenvalue weighted by Gasteiger charge is -2.35. The molecule has 1 unspecified atom stereocenters. The van der Waals surface area contributed by atoms with Crippen LogP contribution in [0, 0.1) is 5.92 Å². The van der Waals surface area contributed by atoms with Crippen molar-refractivity contribution in [1.29, 1.82) is 0 Å². The van der Waals surface area contributed by atoms with Gasteiger partial charge in [-0.1, -0.05) is 13.3 Å². The molecule has 1 heterocycles. The van der Waals surface area contributed by atoms with Crippen molar-refractivity contribution in [3.63, 3.8) is 0 Å². The normalized spacial score (nSPS) is 19.3. The standard InChI is InChI=1S/C14H26N2O3/c1-3-4-9-15(2)14(19)16-10-5-6-12(11-16)7-8-13(17)18/h12H,3-11H2,1-2H3,(H,17,18). The van der Waals surface area contributed by atoms with Crippen LogP contribution >= 0.6 is 0 Å². The van der Waals surface area contributed by atoms with E-state index in [0.717, 1.165) is 38.8 Å². The molecule has 5 nitrogen and oxygen atoms in total. The fraction of sp³-hybridized carbons (Fsp3) is 0.857. The van der Waals surface area contributed by atoms with Crippen LogP contribution in [-0.2, 0) is 4.79 Å². The highest BCUT2D eigenvalue weighted by atomic mass is 16.4. The number of carbonyl (C=O) groups excluding carboxylic acids is 1. The molecule has 0 aromatic heterocycles. The Morgan fingerprint density at radius 1 is 1.42 bits per heavy atom. The molecule has 1 N–H and O–H groups in total. The number of likely N-dealkylation sites (tertiary alicyclic amines) is 1. The zero-order valence-corrected chi connectivity index (χ0v) is 12.1. The van der Waals surface area contributed by atoms with Gasteiger partial charge >= 0.3 is 12.0 Å². The fourth-order valence-electron chi connectivity index (χ4n) is 2.53. The smallest absolute Gasteiger partial charge is 0.319 e. The molecular weight excluding hydrogens is 244 g/mol. The summed E-state index contributed by atoms with van der Waals surface area (Å²) in [6.45, 7) is 4.42. The lowest BCUT2D eigenvalue weighted by Crippen LogP contribution is -2.46. The Bertz CT molecular complexity index is 307. The van der Waals surface area contributed by atoms with E-state index in [-0.39, 0.29) is 12.5 Å². The van der Waals surface area contributed by atoms with Crippen molar-refractivity contribution in [3.8, 4) is 0 Å². The van der Waals surface area contributed by atoms with E-state index in [0.29, 0.717) is 18.9 Å². The van der Waals surface area contributed by atoms with E-state index in [2.05, 4.69) is 6.92 Å². The Morgan fingerprint density at radius 3 is 2.79 bits per heavy atom. The number of amides is 2. The van der Waals surface area contributed by atoms with Crippen LogP contribution in [0.2, 0.25) is 0 Å². The largest absolute Gasteiger partial charge is 0.481 e. The monoisotopic (exact) mass is 270 g/mol. The number of nitrogens with zero attached hydrogens (tertiary/aromatic N) is 2. The summed E-state index contributed by atoms with van der Waals surface area (Å²) < 4.78 is 0. The number of carbonyl (C=O) groups is 2. The van der Waals surface area contributed by atoms with Gasteiger partial charge in [0.2, 0.25) is 0 Å². The molecule has 5 heteroatoms. The SMILES string of the molecule is CCCCN(C)C(=O)N1CCCC(CCC(=O)O)C1. The molecule has 0 aliphatic carbocycles. The van der Waals surface area contributed by atoms with E-state index in [1.165, 1.54) is 0 Å². The number of hydrogen-bond acceptors (Lipinski definition) is 2. The molecule has 1 aliphatic heterocycles. The van der Waals surface area contributed by atoms with Gasteiger partial charge in [-0.15, -0.1) is 0 Å². The van der Waals surface area contributed by atoms with Crippen LogP contribution in [0.3, 0.4) is 0 Å². The first-order valence-electron chi connectivity index (χ1n) is 7.26. The minimum absolute atomic E-state index is 0.0912. The zero-order chi connectivity index (χ0) is 14.3. The molecule has 0 aromatic rings. The molecule has 1 aliphatic rings. The molecule has 1 rings (SSSR count). The van der Waals surface area contributed by atoms with Gasteiger partial charge in [-0.2, -0.15) is 0 Å². The highest BCUT2D eigenvalue weighted by Crippen LogP contribution is 2.21. The van der Waals surface area contributed by atoms with Crippen LogP contribution in [0.5, 0.6) is 0 Å². The summed E-state index contributed by atoms with van der Waals surface area (Å²) >= 11 is 0. The first kappa shape index (κ1) is 15.8. The number of unbranched alkanes of at least 4 members (excludes halogenated alkanes) is 1. The maximum Gasteiger partial charge on any atom is 0.319 e. The molecule has 0 saturated carbocycles. The Balaban J connectivity index is 2.40. The predicted molar refractivity (Wildman–Crippen MR) is 74.1 cm³/mol. The maximum absolute atomic E-state index is 12.2. The van der Waals surface area contributed by atoms with Crippen molar-refractivity contribution in [2.24, 2.45) is 5.92 Å². The average molecular weight is 270 g/mol. The summed E-state index contributed by atoms with van der Waals surface area (Å²) in [6, 6.07) is 0.0912. The molecule has 0 spiro atoms. The topological polar surface area (TPSA) is 60.9 Å². The minimum atomic E-state index is -0.747. The molecule has 1 fully saturated rings. The summed E-state index contributed by atoms with van der Waals surface area (Å²) in [5.74, 6) is -0.406. The Labute approximate surface area is 115 Å². The van der Waals surface area contributed by atoms with Gasteiger partial charge in [0.25, 0.3) is 0 Å². The minimum Gasteiger partial charge on any atom is -0.481 e. The van der Waals surface area contributed by atoms with Gasteiger partial charge < -0.3 is 14.9 Å². The lowest BCUT2D eigenvalue weighted by atomic mass is 9.93. The van der Waals surface area contributed by atoms with E-state index < -0.39 is 5.97 Å². The van der Waals surface area contributed by atoms with Gasteiger partial charge in [0.05, 0.1) is 0 Å². The van der Waals surface area contributed by atoms with Crippen LogP contribution in [0.4, 0.5) is 4.79 Å². The lowest BCUT2D eigenvalue weighted by molar-refractivity contribution is -0.137. The number of aliphatic carboxylic acids is 1. The fourth-order valence-corrected chi connectivity index (χ4v) is 2.53. The van der Waals surface area contributed by atoms with E-state index >= 15 is 0 Å². The number of rotatable bonds is 6. The second-order valence-electron chi connectivity index (χ2n) is 5.44. The summed E-state index contributed by atoms with van der Waals surface area (Å²) in [4.78, 5) is 26.5. The quantitative estimate of drug-likeness (QED) is 0.806. The number of carboxylic acid groups (broad SMARTS) is 1. The molecule has 19 heavy (non-hydrogen) atoms. The summed E-state index contributed by atoms with van der Waals surface area (Å²) in [7, 11) is 1.85. The van der Waals surface area contributed by atoms with Crippen LogP contribution < -0.4 is 0 Å². The third kappa shape index (κ3) is 5.49. The van der Waals surface area contributed by atoms with Gasteiger partial charge in [0.15, 0.2) is 0 Å². The van der Waals surface area contributed by atoms with Gasteiger partial charge in [-0.25, -0.2) is 4.79 Å². The molecule has 0 radical (unpaired) electrons. The van der Waals surface area contributed by atoms with Gasteiger partial charge in [0.1, 0.15) is 0 Å². The third-order valence-corrected chi connectivity index (χ3v) is 3.73. The first-order valence-corrected chi connectivity index (χ1v) is 7.26. The number of urea groups is 1. The van der Waals surface area contributed by atoms with Crippen molar-refractivity contribution < 1.29 is 14.7 Å². The van der Waals surface area contributed by atoms with E-state index in [4.69, 9.17) is 5.11 Å². The van der Waals surface area contributed by atoms with E-state index in [1.807, 2.05) is 11.9 Å². The van der Waals surface area contributed by atoms with E-state index in [9.17, 15) is 9.59 Å². The van der Waals surface area contributed by atoms with E-state index in [1.54, 1.807) is 4.90 Å². The molecular formula is C14H26N2O3. The van der Waals surface area contributed by atoms with Crippen LogP contribution in [0.1, 0.15) is 45.4 Å². The van der Waals surface area contributed by atoms with Gasteiger partial charge in [0, 0.05) is 33.1 Å². The molecule has 0 aromatic carbocycles. The van der Waals surface area contributed by atoms with Crippen molar-refractivity contribution in [3.05, 3.63) is 0 Å². The maximum atomic E-state index is 12.2. The van der Waals surface area contributed by atoms with Crippen LogP contribution in [0.15, 0.2) is 0 Å². The van der Waals surface area contributed by atoms with Crippen LogP contribution in [-0.4, -0.2) is 53.6 Å². The second-order valence-corrected chi connectivity index (χ2v) is 5.44. The van der Waals surface area contributed by atoms with Crippen LogP contribution in [0.25, 0.3) is 0 Å². The van der Waals surface area contributed by atoms with Gasteiger partial charge in [-0.3, -0.25) is 4.79 Å². The van der Waals surface area contributed by atoms with Crippen molar-refractivity contribution in [1.82, 2.24) is 9.80 Å². The summed E-state index contributed by atoms with van der Waals surface area (Å²) in [6.07, 6.45) is 5.01. The Kier molecular flexibility index (Phi) is 6.67. The average Bonchev–Trinajstić information content (AvgIpc) is 2.42. The number of carboxylic acids is 1. The zero-order valence-electron chi connectivity index (χ0n) is 12.1. The number of hydrogen-bond donors (Lipinski definition) is 1. The summed E-state index contributed by atoms with van der Waals surface area (Å²) in [5.41, 5.74) is 0. The Morgan fingerprint density at radius 2 is 2.16 bits per heavy atom. The number of piperidine rings is 1. The second kappa shape index (κ2) is 8.02. The molecule has 1 atom stereocenters. The van der Waals surface area contributed by atoms with Gasteiger partial charge in [-0.05, 0) is 31.6 Å². The van der Waals surface area contributed by atoms with Crippen molar-refractivity contribution >= 4 is 12.0 Å². The highest BCUT2D eigenvalue weighted by Gasteiger charge is 2.25. The molecule has 110 valence electrons. The summed E-state index contributed by atoms with van der Waals surface area (Å²) in [5, 5.41) is 8.72. The third-order valence-electron chi connectivity index (χ3n) is 3.73. The highest BCUT2D eigenvalue weighted by molar-refractivity contribution is 5.74. The Hall–Kier alpha value is -1.26. The first-order chi connectivity index (χ1) is 9.04.